The minimum atomic E-state index is -0.466. The number of fused-ring (bicyclic) bond motifs is 1. The fourth-order valence-corrected chi connectivity index (χ4v) is 3.66. The molecule has 4 rings (SSSR count). The molecular formula is C22H23N5O4. The van der Waals surface area contributed by atoms with Crippen molar-refractivity contribution in [3.8, 4) is 11.1 Å². The van der Waals surface area contributed by atoms with Crippen LogP contribution in [0.1, 0.15) is 18.9 Å². The molecule has 1 saturated heterocycles. The maximum absolute atomic E-state index is 12.4. The molecular weight excluding hydrogens is 398 g/mol. The average molecular weight is 421 g/mol. The third-order valence-electron chi connectivity index (χ3n) is 5.13. The summed E-state index contributed by atoms with van der Waals surface area (Å²) in [5.41, 5.74) is 4.88. The number of hydrogen-bond acceptors (Lipinski definition) is 7. The van der Waals surface area contributed by atoms with Gasteiger partial charge in [-0.1, -0.05) is 23.4 Å². The highest BCUT2D eigenvalue weighted by atomic mass is 16.6. The number of cyclic esters (lactones) is 1. The Labute approximate surface area is 179 Å². The largest absolute Gasteiger partial charge is 0.463 e. The van der Waals surface area contributed by atoms with Crippen LogP contribution in [0.25, 0.3) is 17.2 Å². The van der Waals surface area contributed by atoms with Gasteiger partial charge in [0.2, 0.25) is 0 Å². The minimum absolute atomic E-state index is 0.288. The number of amides is 1. The van der Waals surface area contributed by atoms with Gasteiger partial charge in [0.1, 0.15) is 12.8 Å². The number of ether oxygens (including phenoxy) is 2. The lowest BCUT2D eigenvalue weighted by Gasteiger charge is -2.15. The summed E-state index contributed by atoms with van der Waals surface area (Å²) in [5, 5.41) is 10.6. The molecule has 0 saturated carbocycles. The smallest absolute Gasteiger partial charge is 0.414 e. The zero-order chi connectivity index (χ0) is 21.8. The normalized spacial score (nSPS) is 18.1. The van der Waals surface area contributed by atoms with E-state index in [0.29, 0.717) is 25.1 Å². The Bertz CT molecular complexity index is 1050. The van der Waals surface area contributed by atoms with E-state index in [-0.39, 0.29) is 18.7 Å². The Morgan fingerprint density at radius 1 is 1.26 bits per heavy atom. The van der Waals surface area contributed by atoms with E-state index in [1.807, 2.05) is 48.5 Å². The number of nitrogens with zero attached hydrogens (tertiary/aromatic N) is 3. The lowest BCUT2D eigenvalue weighted by atomic mass is 10.00. The van der Waals surface area contributed by atoms with Crippen molar-refractivity contribution in [3.05, 3.63) is 53.6 Å². The van der Waals surface area contributed by atoms with Crippen molar-refractivity contribution < 1.29 is 19.1 Å². The lowest BCUT2D eigenvalue weighted by molar-refractivity contribution is -0.138. The van der Waals surface area contributed by atoms with Crippen LogP contribution in [0.15, 0.2) is 58.4 Å². The maximum Gasteiger partial charge on any atom is 0.414 e. The zero-order valence-electron chi connectivity index (χ0n) is 17.1. The number of carbonyl (C=O) groups is 2. The fourth-order valence-electron chi connectivity index (χ4n) is 3.66. The van der Waals surface area contributed by atoms with Crippen LogP contribution in [-0.4, -0.2) is 38.0 Å². The van der Waals surface area contributed by atoms with Gasteiger partial charge in [-0.3, -0.25) is 4.90 Å². The number of nitrogens with two attached hydrogens (primary N) is 1. The van der Waals surface area contributed by atoms with Gasteiger partial charge in [-0.15, -0.1) is 5.11 Å². The van der Waals surface area contributed by atoms with E-state index in [1.165, 1.54) is 0 Å². The van der Waals surface area contributed by atoms with Crippen molar-refractivity contribution in [1.82, 2.24) is 0 Å². The van der Waals surface area contributed by atoms with Gasteiger partial charge in [-0.25, -0.2) is 9.59 Å². The fraction of sp³-hybridized carbons (Fsp3) is 0.273. The standard InChI is InChI=1S/C22H23N5O4/c1-2-30-21(28)17-12-16-11-15(5-8-19(16)24-20(13-17)25-26-23)14-3-6-18(7-4-14)27-9-10-31-22(27)29/h3-8,11-12,20,24H,2,9-10,13H2,1H3,(H2,23,25). The second kappa shape index (κ2) is 8.86. The number of hydrogen-bond donors (Lipinski definition) is 2. The van der Waals surface area contributed by atoms with E-state index in [2.05, 4.69) is 15.7 Å². The van der Waals surface area contributed by atoms with Gasteiger partial charge in [-0.2, -0.15) is 0 Å². The summed E-state index contributed by atoms with van der Waals surface area (Å²) in [4.78, 5) is 25.8. The van der Waals surface area contributed by atoms with Crippen molar-refractivity contribution in [2.45, 2.75) is 19.5 Å². The summed E-state index contributed by atoms with van der Waals surface area (Å²) in [6, 6.07) is 13.6. The lowest BCUT2D eigenvalue weighted by Crippen LogP contribution is -2.23. The van der Waals surface area contributed by atoms with E-state index < -0.39 is 6.17 Å². The van der Waals surface area contributed by atoms with Crippen LogP contribution in [0.5, 0.6) is 0 Å². The molecule has 1 amide bonds. The molecule has 2 aliphatic rings. The summed E-state index contributed by atoms with van der Waals surface area (Å²) in [6.07, 6.45) is 1.33. The highest BCUT2D eigenvalue weighted by Gasteiger charge is 2.24. The Kier molecular flexibility index (Phi) is 5.83. The highest BCUT2D eigenvalue weighted by Crippen LogP contribution is 2.32. The monoisotopic (exact) mass is 421 g/mol. The Hall–Kier alpha value is -3.88. The zero-order valence-corrected chi connectivity index (χ0v) is 17.1. The number of benzene rings is 2. The van der Waals surface area contributed by atoms with Gasteiger partial charge < -0.3 is 20.6 Å². The molecule has 2 aromatic carbocycles. The summed E-state index contributed by atoms with van der Waals surface area (Å²) in [7, 11) is 0. The van der Waals surface area contributed by atoms with Crippen LogP contribution in [0.4, 0.5) is 16.2 Å². The first-order valence-corrected chi connectivity index (χ1v) is 10.0. The predicted octanol–water partition coefficient (Wildman–Crippen LogP) is 3.72. The molecule has 31 heavy (non-hydrogen) atoms. The van der Waals surface area contributed by atoms with E-state index in [0.717, 1.165) is 28.1 Å². The first-order valence-electron chi connectivity index (χ1n) is 10.0. The quantitative estimate of drug-likeness (QED) is 0.329. The van der Waals surface area contributed by atoms with E-state index in [1.54, 1.807) is 11.8 Å². The topological polar surface area (TPSA) is 119 Å². The van der Waals surface area contributed by atoms with Crippen LogP contribution in [0.2, 0.25) is 0 Å². The van der Waals surface area contributed by atoms with Gasteiger partial charge in [0, 0.05) is 23.4 Å². The van der Waals surface area contributed by atoms with Crippen LogP contribution in [-0.2, 0) is 14.3 Å². The average Bonchev–Trinajstić information content (AvgIpc) is 3.11. The number of esters is 1. The first-order chi connectivity index (χ1) is 15.1. The Balaban J connectivity index is 1.66. The van der Waals surface area contributed by atoms with Crippen LogP contribution < -0.4 is 16.1 Å². The van der Waals surface area contributed by atoms with Gasteiger partial charge in [0.25, 0.3) is 0 Å². The van der Waals surface area contributed by atoms with E-state index in [4.69, 9.17) is 15.3 Å². The number of carbonyl (C=O) groups excluding carboxylic acids is 2. The summed E-state index contributed by atoms with van der Waals surface area (Å²) in [5.74, 6) is 4.84. The summed E-state index contributed by atoms with van der Waals surface area (Å²) < 4.78 is 10.2. The second-order valence-electron chi connectivity index (χ2n) is 7.10. The van der Waals surface area contributed by atoms with Crippen molar-refractivity contribution in [2.75, 3.05) is 30.0 Å². The van der Waals surface area contributed by atoms with E-state index in [9.17, 15) is 9.59 Å². The first kappa shape index (κ1) is 20.4. The SMILES string of the molecule is CCOC(=O)C1=Cc2cc(-c3ccc(N4CCOC4=O)cc3)ccc2NC(N=NN)C1. The molecule has 3 N–H and O–H groups in total. The third-order valence-corrected chi connectivity index (χ3v) is 5.13. The van der Waals surface area contributed by atoms with Crippen molar-refractivity contribution in [3.63, 3.8) is 0 Å². The van der Waals surface area contributed by atoms with Gasteiger partial charge in [-0.05, 0) is 54.0 Å². The van der Waals surface area contributed by atoms with Gasteiger partial charge >= 0.3 is 12.1 Å². The molecule has 1 fully saturated rings. The molecule has 2 aromatic rings. The molecule has 2 heterocycles. The molecule has 0 spiro atoms. The summed E-state index contributed by atoms with van der Waals surface area (Å²) >= 11 is 0. The highest BCUT2D eigenvalue weighted by molar-refractivity contribution is 5.96. The predicted molar refractivity (Wildman–Crippen MR) is 116 cm³/mol. The molecule has 0 radical (unpaired) electrons. The third kappa shape index (κ3) is 4.35. The molecule has 1 unspecified atom stereocenters. The molecule has 0 bridgehead atoms. The number of rotatable bonds is 5. The molecule has 9 nitrogen and oxygen atoms in total. The van der Waals surface area contributed by atoms with Crippen molar-refractivity contribution in [2.24, 2.45) is 16.2 Å². The van der Waals surface area contributed by atoms with Crippen LogP contribution in [0.3, 0.4) is 0 Å². The molecule has 9 heteroatoms. The Morgan fingerprint density at radius 2 is 2.03 bits per heavy atom. The summed E-state index contributed by atoms with van der Waals surface area (Å²) in [6.45, 7) is 3.00. The number of nitrogens with one attached hydrogen (secondary N) is 1. The van der Waals surface area contributed by atoms with Crippen molar-refractivity contribution in [1.29, 1.82) is 0 Å². The molecule has 160 valence electrons. The molecule has 2 aliphatic heterocycles. The van der Waals surface area contributed by atoms with Crippen LogP contribution in [0, 0.1) is 0 Å². The molecule has 0 aromatic heterocycles. The van der Waals surface area contributed by atoms with E-state index >= 15 is 0 Å². The second-order valence-corrected chi connectivity index (χ2v) is 7.10. The number of anilines is 2. The van der Waals surface area contributed by atoms with Gasteiger partial charge in [0.05, 0.1) is 13.2 Å². The Morgan fingerprint density at radius 3 is 2.71 bits per heavy atom. The van der Waals surface area contributed by atoms with Crippen molar-refractivity contribution >= 4 is 29.5 Å². The molecule has 0 aliphatic carbocycles. The minimum Gasteiger partial charge on any atom is -0.463 e. The molecule has 1 atom stereocenters. The van der Waals surface area contributed by atoms with Crippen LogP contribution >= 0.6 is 0 Å². The van der Waals surface area contributed by atoms with Gasteiger partial charge in [0.15, 0.2) is 0 Å². The maximum atomic E-state index is 12.4.